The first-order chi connectivity index (χ1) is 6.81. The van der Waals surface area contributed by atoms with Crippen molar-refractivity contribution in [3.63, 3.8) is 0 Å². The van der Waals surface area contributed by atoms with Crippen LogP contribution in [0.4, 0.5) is 0 Å². The van der Waals surface area contributed by atoms with Gasteiger partial charge in [-0.05, 0) is 37.4 Å². The van der Waals surface area contributed by atoms with Gasteiger partial charge in [-0.25, -0.2) is 0 Å². The number of hydrogen-bond donors (Lipinski definition) is 1. The summed E-state index contributed by atoms with van der Waals surface area (Å²) in [6.07, 6.45) is 4.20. The standard InChI is InChI=1S/C11H14N2O/c12-4-3-8-6-10-9(11(14)7-8)2-1-5-13-10/h1-2,5,8H,3-4,6-7,12H2. The number of carbonyl (C=O) groups is 1. The van der Waals surface area contributed by atoms with Gasteiger partial charge in [0.1, 0.15) is 0 Å². The molecule has 3 nitrogen and oxygen atoms in total. The molecule has 1 atom stereocenters. The fourth-order valence-electron chi connectivity index (χ4n) is 2.01. The average molecular weight is 190 g/mol. The van der Waals surface area contributed by atoms with Gasteiger partial charge in [0.25, 0.3) is 0 Å². The maximum atomic E-state index is 11.7. The van der Waals surface area contributed by atoms with E-state index in [-0.39, 0.29) is 5.78 Å². The molecular weight excluding hydrogens is 176 g/mol. The molecule has 1 heterocycles. The Hall–Kier alpha value is -1.22. The quantitative estimate of drug-likeness (QED) is 0.761. The molecule has 0 saturated heterocycles. The Kier molecular flexibility index (Phi) is 2.59. The van der Waals surface area contributed by atoms with Crippen molar-refractivity contribution in [2.75, 3.05) is 6.54 Å². The number of nitrogens with two attached hydrogens (primary N) is 1. The van der Waals surface area contributed by atoms with Gasteiger partial charge in [0.15, 0.2) is 5.78 Å². The first-order valence-electron chi connectivity index (χ1n) is 4.98. The highest BCUT2D eigenvalue weighted by Gasteiger charge is 2.24. The molecule has 0 radical (unpaired) electrons. The summed E-state index contributed by atoms with van der Waals surface area (Å²) in [7, 11) is 0. The minimum absolute atomic E-state index is 0.220. The first kappa shape index (κ1) is 9.34. The van der Waals surface area contributed by atoms with Gasteiger partial charge in [0.05, 0.1) is 5.69 Å². The molecule has 14 heavy (non-hydrogen) atoms. The highest BCUT2D eigenvalue weighted by atomic mass is 16.1. The van der Waals surface area contributed by atoms with Crippen molar-refractivity contribution in [1.29, 1.82) is 0 Å². The minimum atomic E-state index is 0.220. The SMILES string of the molecule is NCCC1CC(=O)c2cccnc2C1. The summed E-state index contributed by atoms with van der Waals surface area (Å²) >= 11 is 0. The van der Waals surface area contributed by atoms with Crippen LogP contribution in [0.2, 0.25) is 0 Å². The highest BCUT2D eigenvalue weighted by Crippen LogP contribution is 2.25. The van der Waals surface area contributed by atoms with Crippen molar-refractivity contribution in [3.8, 4) is 0 Å². The van der Waals surface area contributed by atoms with E-state index >= 15 is 0 Å². The van der Waals surface area contributed by atoms with Crippen LogP contribution in [0.15, 0.2) is 18.3 Å². The molecule has 1 unspecified atom stereocenters. The number of ketones is 1. The van der Waals surface area contributed by atoms with Crippen molar-refractivity contribution in [2.45, 2.75) is 19.3 Å². The van der Waals surface area contributed by atoms with Crippen LogP contribution in [0, 0.1) is 5.92 Å². The zero-order chi connectivity index (χ0) is 9.97. The van der Waals surface area contributed by atoms with E-state index < -0.39 is 0 Å². The number of pyridine rings is 1. The van der Waals surface area contributed by atoms with Gasteiger partial charge in [-0.15, -0.1) is 0 Å². The summed E-state index contributed by atoms with van der Waals surface area (Å²) in [5, 5.41) is 0. The first-order valence-corrected chi connectivity index (χ1v) is 4.98. The van der Waals surface area contributed by atoms with Crippen LogP contribution in [0.25, 0.3) is 0 Å². The monoisotopic (exact) mass is 190 g/mol. The number of aromatic nitrogens is 1. The fourth-order valence-corrected chi connectivity index (χ4v) is 2.01. The third-order valence-electron chi connectivity index (χ3n) is 2.72. The van der Waals surface area contributed by atoms with Crippen molar-refractivity contribution < 1.29 is 4.79 Å². The molecule has 0 aromatic carbocycles. The Morgan fingerprint density at radius 1 is 1.50 bits per heavy atom. The summed E-state index contributed by atoms with van der Waals surface area (Å²) in [6, 6.07) is 3.68. The maximum Gasteiger partial charge on any atom is 0.164 e. The number of fused-ring (bicyclic) bond motifs is 1. The lowest BCUT2D eigenvalue weighted by molar-refractivity contribution is 0.0945. The normalized spacial score (nSPS) is 20.6. The van der Waals surface area contributed by atoms with Gasteiger partial charge in [0.2, 0.25) is 0 Å². The van der Waals surface area contributed by atoms with E-state index in [2.05, 4.69) is 4.98 Å². The molecule has 1 aliphatic rings. The second-order valence-electron chi connectivity index (χ2n) is 3.77. The summed E-state index contributed by atoms with van der Waals surface area (Å²) in [6.45, 7) is 0.653. The molecule has 1 aromatic rings. The zero-order valence-electron chi connectivity index (χ0n) is 8.07. The molecule has 0 aliphatic heterocycles. The van der Waals surface area contributed by atoms with Crippen LogP contribution in [-0.4, -0.2) is 17.3 Å². The molecular formula is C11H14N2O. The number of Topliss-reactive ketones (excluding diaryl/α,β-unsaturated/α-hetero) is 1. The molecule has 74 valence electrons. The number of hydrogen-bond acceptors (Lipinski definition) is 3. The topological polar surface area (TPSA) is 56.0 Å². The maximum absolute atomic E-state index is 11.7. The predicted octanol–water partition coefficient (Wildman–Crippen LogP) is 1.18. The molecule has 2 N–H and O–H groups in total. The molecule has 0 fully saturated rings. The van der Waals surface area contributed by atoms with E-state index in [1.165, 1.54) is 0 Å². The van der Waals surface area contributed by atoms with Gasteiger partial charge >= 0.3 is 0 Å². The van der Waals surface area contributed by atoms with Crippen LogP contribution in [0.3, 0.4) is 0 Å². The van der Waals surface area contributed by atoms with Gasteiger partial charge in [0, 0.05) is 18.2 Å². The van der Waals surface area contributed by atoms with Gasteiger partial charge in [-0.2, -0.15) is 0 Å². The van der Waals surface area contributed by atoms with E-state index in [9.17, 15) is 4.79 Å². The van der Waals surface area contributed by atoms with Crippen molar-refractivity contribution in [3.05, 3.63) is 29.6 Å². The smallest absolute Gasteiger partial charge is 0.164 e. The molecule has 1 aliphatic carbocycles. The second kappa shape index (κ2) is 3.88. The van der Waals surface area contributed by atoms with Crippen molar-refractivity contribution >= 4 is 5.78 Å². The van der Waals surface area contributed by atoms with Gasteiger partial charge < -0.3 is 5.73 Å². The summed E-state index contributed by atoms with van der Waals surface area (Å²) < 4.78 is 0. The van der Waals surface area contributed by atoms with Crippen molar-refractivity contribution in [2.24, 2.45) is 11.7 Å². The number of carbonyl (C=O) groups excluding carboxylic acids is 1. The summed E-state index contributed by atoms with van der Waals surface area (Å²) in [5.74, 6) is 0.618. The molecule has 0 amide bonds. The van der Waals surface area contributed by atoms with E-state index in [1.807, 2.05) is 12.1 Å². The lowest BCUT2D eigenvalue weighted by Gasteiger charge is -2.21. The molecule has 3 heteroatoms. The minimum Gasteiger partial charge on any atom is -0.330 e. The lowest BCUT2D eigenvalue weighted by Crippen LogP contribution is -2.23. The lowest BCUT2D eigenvalue weighted by atomic mass is 9.84. The average Bonchev–Trinajstić information content (AvgIpc) is 2.18. The van der Waals surface area contributed by atoms with E-state index in [0.717, 1.165) is 24.1 Å². The Bertz CT molecular complexity index is 349. The molecule has 0 saturated carbocycles. The fraction of sp³-hybridized carbons (Fsp3) is 0.455. The number of rotatable bonds is 2. The Morgan fingerprint density at radius 3 is 3.14 bits per heavy atom. The third-order valence-corrected chi connectivity index (χ3v) is 2.72. The second-order valence-corrected chi connectivity index (χ2v) is 3.77. The molecule has 0 bridgehead atoms. The van der Waals surface area contributed by atoms with Crippen LogP contribution in [-0.2, 0) is 6.42 Å². The van der Waals surface area contributed by atoms with E-state index in [4.69, 9.17) is 5.73 Å². The van der Waals surface area contributed by atoms with Gasteiger partial charge in [-0.3, -0.25) is 9.78 Å². The Balaban J connectivity index is 2.24. The van der Waals surface area contributed by atoms with Crippen LogP contribution >= 0.6 is 0 Å². The Morgan fingerprint density at radius 2 is 2.36 bits per heavy atom. The van der Waals surface area contributed by atoms with E-state index in [0.29, 0.717) is 18.9 Å². The van der Waals surface area contributed by atoms with E-state index in [1.54, 1.807) is 6.20 Å². The molecule has 1 aromatic heterocycles. The third kappa shape index (κ3) is 1.68. The highest BCUT2D eigenvalue weighted by molar-refractivity contribution is 5.98. The van der Waals surface area contributed by atoms with Crippen LogP contribution < -0.4 is 5.73 Å². The zero-order valence-corrected chi connectivity index (χ0v) is 8.07. The van der Waals surface area contributed by atoms with Gasteiger partial charge in [-0.1, -0.05) is 0 Å². The van der Waals surface area contributed by atoms with Crippen LogP contribution in [0.1, 0.15) is 28.9 Å². The molecule has 2 rings (SSSR count). The largest absolute Gasteiger partial charge is 0.330 e. The predicted molar refractivity (Wildman–Crippen MR) is 54.0 cm³/mol. The molecule has 0 spiro atoms. The van der Waals surface area contributed by atoms with Crippen molar-refractivity contribution in [1.82, 2.24) is 4.98 Å². The summed E-state index contributed by atoms with van der Waals surface area (Å²) in [4.78, 5) is 15.9. The summed E-state index contributed by atoms with van der Waals surface area (Å²) in [5.41, 5.74) is 7.25. The number of nitrogens with zero attached hydrogens (tertiary/aromatic N) is 1. The Labute approximate surface area is 83.3 Å². The van der Waals surface area contributed by atoms with Crippen LogP contribution in [0.5, 0.6) is 0 Å².